The number of hydrogen-bond acceptors (Lipinski definition) is 6. The van der Waals surface area contributed by atoms with Gasteiger partial charge in [0.2, 0.25) is 0 Å². The summed E-state index contributed by atoms with van der Waals surface area (Å²) in [5, 5.41) is 6.39. The summed E-state index contributed by atoms with van der Waals surface area (Å²) in [4.78, 5) is 24.2. The minimum Gasteiger partial charge on any atom is -0.496 e. The van der Waals surface area contributed by atoms with Crippen molar-refractivity contribution in [1.29, 1.82) is 0 Å². The standard InChI is InChI=1S/C25H22Br3N3O5/c1-3-35-19-7-5-18(6-8-19)30-24(32)25(33)31-29-13-15-4-9-22(34-2)16(10-15)14-36-23-20(27)11-17(26)12-21(23)28/h4-13H,3,14H2,1-2H3,(H,30,32)(H,31,33). The second-order valence-corrected chi connectivity index (χ2v) is 9.79. The van der Waals surface area contributed by atoms with Crippen molar-refractivity contribution < 1.29 is 23.8 Å². The third-order valence-electron chi connectivity index (χ3n) is 4.65. The van der Waals surface area contributed by atoms with Crippen LogP contribution in [0, 0.1) is 0 Å². The fourth-order valence-corrected chi connectivity index (χ4v) is 5.50. The van der Waals surface area contributed by atoms with E-state index in [0.717, 1.165) is 19.0 Å². The van der Waals surface area contributed by atoms with E-state index in [-0.39, 0.29) is 6.61 Å². The predicted octanol–water partition coefficient (Wildman–Crippen LogP) is 6.05. The summed E-state index contributed by atoms with van der Waals surface area (Å²) in [5.41, 5.74) is 4.13. The number of ether oxygens (including phenoxy) is 3. The van der Waals surface area contributed by atoms with Gasteiger partial charge in [-0.3, -0.25) is 9.59 Å². The van der Waals surface area contributed by atoms with Crippen LogP contribution in [0.25, 0.3) is 0 Å². The van der Waals surface area contributed by atoms with Crippen LogP contribution >= 0.6 is 47.8 Å². The molecule has 11 heteroatoms. The number of hydrazone groups is 1. The number of halogens is 3. The summed E-state index contributed by atoms with van der Waals surface area (Å²) in [5.74, 6) is 0.208. The van der Waals surface area contributed by atoms with Crippen LogP contribution < -0.4 is 25.0 Å². The SMILES string of the molecule is CCOc1ccc(NC(=O)C(=O)NN=Cc2ccc(OC)c(COc3c(Br)cc(Br)cc3Br)c2)cc1. The van der Waals surface area contributed by atoms with Crippen molar-refractivity contribution in [2.45, 2.75) is 13.5 Å². The lowest BCUT2D eigenvalue weighted by atomic mass is 10.1. The lowest BCUT2D eigenvalue weighted by molar-refractivity contribution is -0.136. The predicted molar refractivity (Wildman–Crippen MR) is 149 cm³/mol. The van der Waals surface area contributed by atoms with Crippen molar-refractivity contribution in [3.63, 3.8) is 0 Å². The van der Waals surface area contributed by atoms with Crippen LogP contribution in [0.3, 0.4) is 0 Å². The van der Waals surface area contributed by atoms with Crippen LogP contribution in [-0.2, 0) is 16.2 Å². The maximum atomic E-state index is 12.1. The lowest BCUT2D eigenvalue weighted by Gasteiger charge is -2.13. The maximum absolute atomic E-state index is 12.1. The van der Waals surface area contributed by atoms with Gasteiger partial charge in [0.1, 0.15) is 23.9 Å². The minimum absolute atomic E-state index is 0.223. The summed E-state index contributed by atoms with van der Waals surface area (Å²) < 4.78 is 19.2. The zero-order valence-corrected chi connectivity index (χ0v) is 24.1. The van der Waals surface area contributed by atoms with E-state index in [4.69, 9.17) is 14.2 Å². The van der Waals surface area contributed by atoms with E-state index in [0.29, 0.717) is 35.1 Å². The Labute approximate surface area is 233 Å². The molecule has 0 saturated carbocycles. The van der Waals surface area contributed by atoms with Gasteiger partial charge in [0.05, 0.1) is 28.9 Å². The molecule has 8 nitrogen and oxygen atoms in total. The molecule has 3 aromatic carbocycles. The first-order valence-electron chi connectivity index (χ1n) is 10.6. The maximum Gasteiger partial charge on any atom is 0.329 e. The summed E-state index contributed by atoms with van der Waals surface area (Å²) in [6.07, 6.45) is 1.43. The van der Waals surface area contributed by atoms with Crippen LogP contribution in [0.4, 0.5) is 5.69 Å². The van der Waals surface area contributed by atoms with Crippen LogP contribution in [-0.4, -0.2) is 31.7 Å². The third-order valence-corrected chi connectivity index (χ3v) is 6.28. The Hall–Kier alpha value is -2.89. The molecule has 0 aliphatic heterocycles. The van der Waals surface area contributed by atoms with Gasteiger partial charge in [-0.2, -0.15) is 5.10 Å². The average Bonchev–Trinajstić information content (AvgIpc) is 2.84. The monoisotopic (exact) mass is 681 g/mol. The van der Waals surface area contributed by atoms with E-state index in [1.807, 2.05) is 25.1 Å². The quantitative estimate of drug-likeness (QED) is 0.163. The van der Waals surface area contributed by atoms with E-state index in [9.17, 15) is 9.59 Å². The Morgan fingerprint density at radius 3 is 2.28 bits per heavy atom. The van der Waals surface area contributed by atoms with Gasteiger partial charge in [0, 0.05) is 15.7 Å². The number of anilines is 1. The van der Waals surface area contributed by atoms with Gasteiger partial charge < -0.3 is 19.5 Å². The van der Waals surface area contributed by atoms with Gasteiger partial charge >= 0.3 is 11.8 Å². The van der Waals surface area contributed by atoms with Crippen molar-refractivity contribution in [2.24, 2.45) is 5.10 Å². The number of carbonyl (C=O) groups is 2. The smallest absolute Gasteiger partial charge is 0.329 e. The molecule has 0 unspecified atom stereocenters. The fraction of sp³-hybridized carbons (Fsp3) is 0.160. The number of amides is 2. The minimum atomic E-state index is -0.901. The summed E-state index contributed by atoms with van der Waals surface area (Å²) in [7, 11) is 1.57. The number of hydrogen-bond donors (Lipinski definition) is 2. The number of rotatable bonds is 9. The summed E-state index contributed by atoms with van der Waals surface area (Å²) >= 11 is 10.4. The highest BCUT2D eigenvalue weighted by atomic mass is 79.9. The first-order chi connectivity index (χ1) is 17.3. The molecule has 0 bridgehead atoms. The highest BCUT2D eigenvalue weighted by molar-refractivity contribution is 9.11. The molecule has 2 N–H and O–H groups in total. The second-order valence-electron chi connectivity index (χ2n) is 7.17. The Morgan fingerprint density at radius 2 is 1.64 bits per heavy atom. The van der Waals surface area contributed by atoms with Gasteiger partial charge in [0.15, 0.2) is 0 Å². The molecule has 188 valence electrons. The Bertz CT molecular complexity index is 1240. The third kappa shape index (κ3) is 7.81. The number of methoxy groups -OCH3 is 1. The number of nitrogens with zero attached hydrogens (tertiary/aromatic N) is 1. The second kappa shape index (κ2) is 13.4. The lowest BCUT2D eigenvalue weighted by Crippen LogP contribution is -2.32. The van der Waals surface area contributed by atoms with Crippen molar-refractivity contribution in [2.75, 3.05) is 19.0 Å². The molecule has 36 heavy (non-hydrogen) atoms. The van der Waals surface area contributed by atoms with Crippen molar-refractivity contribution in [3.8, 4) is 17.2 Å². The van der Waals surface area contributed by atoms with E-state index >= 15 is 0 Å². The molecule has 3 aromatic rings. The van der Waals surface area contributed by atoms with Crippen LogP contribution in [0.1, 0.15) is 18.1 Å². The van der Waals surface area contributed by atoms with E-state index < -0.39 is 11.8 Å². The van der Waals surface area contributed by atoms with Gasteiger partial charge in [-0.1, -0.05) is 15.9 Å². The Kier molecular flexibility index (Phi) is 10.3. The van der Waals surface area contributed by atoms with Gasteiger partial charge in [0.25, 0.3) is 0 Å². The molecule has 3 rings (SSSR count). The molecule has 0 aliphatic rings. The van der Waals surface area contributed by atoms with E-state index in [2.05, 4.69) is 63.6 Å². The number of carbonyl (C=O) groups excluding carboxylic acids is 2. The fourth-order valence-electron chi connectivity index (χ4n) is 3.01. The zero-order valence-electron chi connectivity index (χ0n) is 19.3. The van der Waals surface area contributed by atoms with Crippen molar-refractivity contribution in [3.05, 3.63) is 79.1 Å². The van der Waals surface area contributed by atoms with Gasteiger partial charge in [-0.15, -0.1) is 0 Å². The molecular formula is C25H22Br3N3O5. The Balaban J connectivity index is 1.61. The zero-order chi connectivity index (χ0) is 26.1. The normalized spacial score (nSPS) is 10.7. The highest BCUT2D eigenvalue weighted by Gasteiger charge is 2.14. The summed E-state index contributed by atoms with van der Waals surface area (Å²) in [6.45, 7) is 2.64. The van der Waals surface area contributed by atoms with Crippen molar-refractivity contribution in [1.82, 2.24) is 5.43 Å². The average molecular weight is 684 g/mol. The molecule has 0 heterocycles. The molecule has 0 fully saturated rings. The number of benzene rings is 3. The van der Waals surface area contributed by atoms with Gasteiger partial charge in [-0.25, -0.2) is 5.43 Å². The van der Waals surface area contributed by atoms with Crippen LogP contribution in [0.2, 0.25) is 0 Å². The molecule has 0 aliphatic carbocycles. The van der Waals surface area contributed by atoms with E-state index in [1.165, 1.54) is 6.21 Å². The van der Waals surface area contributed by atoms with Crippen molar-refractivity contribution >= 4 is 71.5 Å². The van der Waals surface area contributed by atoms with Crippen LogP contribution in [0.15, 0.2) is 73.1 Å². The first-order valence-corrected chi connectivity index (χ1v) is 13.0. The molecular weight excluding hydrogens is 662 g/mol. The molecule has 0 radical (unpaired) electrons. The molecule has 0 spiro atoms. The van der Waals surface area contributed by atoms with Gasteiger partial charge in [-0.05, 0) is 98.9 Å². The summed E-state index contributed by atoms with van der Waals surface area (Å²) in [6, 6.07) is 15.8. The molecule has 2 amide bonds. The Morgan fingerprint density at radius 1 is 0.944 bits per heavy atom. The largest absolute Gasteiger partial charge is 0.496 e. The molecule has 0 aromatic heterocycles. The number of nitrogens with one attached hydrogen (secondary N) is 2. The topological polar surface area (TPSA) is 98.2 Å². The molecule has 0 saturated heterocycles. The molecule has 0 atom stereocenters. The van der Waals surface area contributed by atoms with Crippen LogP contribution in [0.5, 0.6) is 17.2 Å². The first kappa shape index (κ1) is 27.7. The van der Waals surface area contributed by atoms with E-state index in [1.54, 1.807) is 43.5 Å². The highest BCUT2D eigenvalue weighted by Crippen LogP contribution is 2.37.